The molecule has 0 spiro atoms. The Morgan fingerprint density at radius 1 is 1.19 bits per heavy atom. The molecule has 0 radical (unpaired) electrons. The molecule has 26 heavy (non-hydrogen) atoms. The number of benzene rings is 2. The number of carbonyl (C=O) groups is 2. The lowest BCUT2D eigenvalue weighted by Gasteiger charge is -2.17. The standard InChI is InChI=1S/C19H19ClN4O2/c1-11(25)10-24(3)14-6-4-13(5-7-14)19-22-17-8-15(20)16(21-12(2)26)9-18(17)23-19/h4-9H,10H2,1-3H3,(H,21,26)(H,22,23). The molecule has 0 unspecified atom stereocenters. The van der Waals surface area contributed by atoms with Crippen LogP contribution in [0.1, 0.15) is 13.8 Å². The lowest BCUT2D eigenvalue weighted by molar-refractivity contribution is -0.116. The summed E-state index contributed by atoms with van der Waals surface area (Å²) in [4.78, 5) is 32.2. The molecule has 3 rings (SSSR count). The van der Waals surface area contributed by atoms with Crippen molar-refractivity contribution in [2.75, 3.05) is 23.8 Å². The maximum Gasteiger partial charge on any atom is 0.221 e. The van der Waals surface area contributed by atoms with E-state index in [4.69, 9.17) is 11.6 Å². The number of nitrogens with zero attached hydrogens (tertiary/aromatic N) is 2. The van der Waals surface area contributed by atoms with Gasteiger partial charge in [0, 0.05) is 25.2 Å². The van der Waals surface area contributed by atoms with Gasteiger partial charge in [-0.1, -0.05) is 11.6 Å². The minimum atomic E-state index is -0.188. The molecule has 0 aliphatic heterocycles. The van der Waals surface area contributed by atoms with Crippen molar-refractivity contribution in [2.45, 2.75) is 13.8 Å². The van der Waals surface area contributed by atoms with E-state index in [1.165, 1.54) is 6.92 Å². The maximum absolute atomic E-state index is 11.3. The third-order valence-corrected chi connectivity index (χ3v) is 4.24. The van der Waals surface area contributed by atoms with Gasteiger partial charge in [-0.3, -0.25) is 9.59 Å². The van der Waals surface area contributed by atoms with E-state index in [1.807, 2.05) is 36.2 Å². The zero-order valence-corrected chi connectivity index (χ0v) is 15.5. The molecule has 134 valence electrons. The minimum absolute atomic E-state index is 0.112. The zero-order chi connectivity index (χ0) is 18.8. The maximum atomic E-state index is 11.3. The van der Waals surface area contributed by atoms with E-state index in [9.17, 15) is 9.59 Å². The number of rotatable bonds is 5. The molecule has 1 amide bonds. The summed E-state index contributed by atoms with van der Waals surface area (Å²) in [5, 5.41) is 3.14. The number of ketones is 1. The highest BCUT2D eigenvalue weighted by Crippen LogP contribution is 2.29. The van der Waals surface area contributed by atoms with Gasteiger partial charge in [0.05, 0.1) is 28.3 Å². The molecular formula is C19H19ClN4O2. The lowest BCUT2D eigenvalue weighted by atomic mass is 10.2. The Kier molecular flexibility index (Phi) is 4.95. The first kappa shape index (κ1) is 17.9. The van der Waals surface area contributed by atoms with Gasteiger partial charge in [0.25, 0.3) is 0 Å². The van der Waals surface area contributed by atoms with Gasteiger partial charge in [-0.25, -0.2) is 4.98 Å². The summed E-state index contributed by atoms with van der Waals surface area (Å²) in [6.07, 6.45) is 0. The van der Waals surface area contributed by atoms with Crippen molar-refractivity contribution in [3.63, 3.8) is 0 Å². The fourth-order valence-electron chi connectivity index (χ4n) is 2.75. The molecule has 1 heterocycles. The smallest absolute Gasteiger partial charge is 0.221 e. The molecule has 0 fully saturated rings. The van der Waals surface area contributed by atoms with Crippen molar-refractivity contribution in [2.24, 2.45) is 0 Å². The third-order valence-electron chi connectivity index (χ3n) is 3.92. The van der Waals surface area contributed by atoms with Gasteiger partial charge < -0.3 is 15.2 Å². The van der Waals surface area contributed by atoms with Gasteiger partial charge in [-0.15, -0.1) is 0 Å². The number of amides is 1. The number of anilines is 2. The largest absolute Gasteiger partial charge is 0.367 e. The number of fused-ring (bicyclic) bond motifs is 1. The molecule has 0 aliphatic carbocycles. The number of nitrogens with one attached hydrogen (secondary N) is 2. The molecule has 3 aromatic rings. The average molecular weight is 371 g/mol. The number of Topliss-reactive ketones (excluding diaryl/α,β-unsaturated/α-hetero) is 1. The number of carbonyl (C=O) groups excluding carboxylic acids is 2. The van der Waals surface area contributed by atoms with Crippen molar-refractivity contribution in [1.82, 2.24) is 9.97 Å². The minimum Gasteiger partial charge on any atom is -0.367 e. The number of hydrogen-bond acceptors (Lipinski definition) is 4. The van der Waals surface area contributed by atoms with Crippen LogP contribution in [-0.2, 0) is 9.59 Å². The molecule has 0 aliphatic rings. The summed E-state index contributed by atoms with van der Waals surface area (Å²) in [7, 11) is 1.88. The van der Waals surface area contributed by atoms with Crippen molar-refractivity contribution >= 4 is 45.7 Å². The second kappa shape index (κ2) is 7.17. The SMILES string of the molecule is CC(=O)CN(C)c1ccc(-c2nc3cc(NC(C)=O)c(Cl)cc3[nH]2)cc1. The fourth-order valence-corrected chi connectivity index (χ4v) is 2.96. The Hall–Kier alpha value is -2.86. The Bertz CT molecular complexity index is 979. The quantitative estimate of drug-likeness (QED) is 0.714. The van der Waals surface area contributed by atoms with Crippen LogP contribution in [0.15, 0.2) is 36.4 Å². The molecule has 0 saturated heterocycles. The first-order valence-electron chi connectivity index (χ1n) is 8.11. The van der Waals surface area contributed by atoms with E-state index in [-0.39, 0.29) is 11.7 Å². The van der Waals surface area contributed by atoms with Crippen LogP contribution in [0.25, 0.3) is 22.4 Å². The zero-order valence-electron chi connectivity index (χ0n) is 14.8. The number of H-pyrrole nitrogens is 1. The van der Waals surface area contributed by atoms with Crippen molar-refractivity contribution < 1.29 is 9.59 Å². The fraction of sp³-hybridized carbons (Fsp3) is 0.211. The highest BCUT2D eigenvalue weighted by molar-refractivity contribution is 6.34. The normalized spacial score (nSPS) is 10.8. The number of aromatic nitrogens is 2. The molecule has 0 bridgehead atoms. The number of halogens is 1. The molecule has 0 saturated carbocycles. The summed E-state index contributed by atoms with van der Waals surface area (Å²) in [6, 6.07) is 11.3. The second-order valence-electron chi connectivity index (χ2n) is 6.22. The second-order valence-corrected chi connectivity index (χ2v) is 6.63. The van der Waals surface area contributed by atoms with Crippen LogP contribution in [0.5, 0.6) is 0 Å². The van der Waals surface area contributed by atoms with Crippen molar-refractivity contribution in [3.8, 4) is 11.4 Å². The molecule has 1 aromatic heterocycles. The topological polar surface area (TPSA) is 78.1 Å². The predicted octanol–water partition coefficient (Wildman–Crippen LogP) is 3.87. The van der Waals surface area contributed by atoms with Gasteiger partial charge in [-0.05, 0) is 43.3 Å². The first-order chi connectivity index (χ1) is 12.3. The molecule has 6 nitrogen and oxygen atoms in total. The Balaban J connectivity index is 1.90. The van der Waals surface area contributed by atoms with E-state index in [2.05, 4.69) is 15.3 Å². The Labute approximate surface area is 156 Å². The number of likely N-dealkylation sites (N-methyl/N-ethyl adjacent to an activating group) is 1. The van der Waals surface area contributed by atoms with Gasteiger partial charge >= 0.3 is 0 Å². The average Bonchev–Trinajstić information content (AvgIpc) is 2.97. The van der Waals surface area contributed by atoms with Crippen molar-refractivity contribution in [1.29, 1.82) is 0 Å². The van der Waals surface area contributed by atoms with E-state index in [1.54, 1.807) is 19.1 Å². The van der Waals surface area contributed by atoms with Crippen LogP contribution >= 0.6 is 11.6 Å². The molecule has 0 atom stereocenters. The summed E-state index contributed by atoms with van der Waals surface area (Å²) in [5.41, 5.74) is 3.91. The Morgan fingerprint density at radius 2 is 1.88 bits per heavy atom. The lowest BCUT2D eigenvalue weighted by Crippen LogP contribution is -2.23. The summed E-state index contributed by atoms with van der Waals surface area (Å²) < 4.78 is 0. The monoisotopic (exact) mass is 370 g/mol. The molecule has 2 aromatic carbocycles. The van der Waals surface area contributed by atoms with Crippen LogP contribution in [0.3, 0.4) is 0 Å². The number of aromatic amines is 1. The van der Waals surface area contributed by atoms with Gasteiger partial charge in [0.1, 0.15) is 11.6 Å². The molecule has 7 heteroatoms. The van der Waals surface area contributed by atoms with E-state index >= 15 is 0 Å². The van der Waals surface area contributed by atoms with Crippen LogP contribution in [-0.4, -0.2) is 35.3 Å². The highest BCUT2D eigenvalue weighted by atomic mass is 35.5. The first-order valence-corrected chi connectivity index (χ1v) is 8.49. The van der Waals surface area contributed by atoms with Gasteiger partial charge in [0.2, 0.25) is 5.91 Å². The van der Waals surface area contributed by atoms with Crippen LogP contribution in [0.4, 0.5) is 11.4 Å². The summed E-state index contributed by atoms with van der Waals surface area (Å²) >= 11 is 6.20. The van der Waals surface area contributed by atoms with E-state index in [0.29, 0.717) is 28.6 Å². The summed E-state index contributed by atoms with van der Waals surface area (Å²) in [5.74, 6) is 0.629. The predicted molar refractivity (Wildman–Crippen MR) is 105 cm³/mol. The van der Waals surface area contributed by atoms with Gasteiger partial charge in [0.15, 0.2) is 0 Å². The number of hydrogen-bond donors (Lipinski definition) is 2. The Morgan fingerprint density at radius 3 is 2.50 bits per heavy atom. The third kappa shape index (κ3) is 3.86. The number of imidazole rings is 1. The van der Waals surface area contributed by atoms with E-state index in [0.717, 1.165) is 16.8 Å². The molecular weight excluding hydrogens is 352 g/mol. The van der Waals surface area contributed by atoms with Crippen LogP contribution < -0.4 is 10.2 Å². The highest BCUT2D eigenvalue weighted by Gasteiger charge is 2.11. The van der Waals surface area contributed by atoms with E-state index < -0.39 is 0 Å². The molecule has 2 N–H and O–H groups in total. The summed E-state index contributed by atoms with van der Waals surface area (Å²) in [6.45, 7) is 3.37. The van der Waals surface area contributed by atoms with Crippen molar-refractivity contribution in [3.05, 3.63) is 41.4 Å². The van der Waals surface area contributed by atoms with Crippen LogP contribution in [0, 0.1) is 0 Å². The van der Waals surface area contributed by atoms with Crippen LogP contribution in [0.2, 0.25) is 5.02 Å². The van der Waals surface area contributed by atoms with Gasteiger partial charge in [-0.2, -0.15) is 0 Å².